The molecule has 21 heavy (non-hydrogen) atoms. The molecule has 0 aliphatic carbocycles. The Morgan fingerprint density at radius 3 is 2.76 bits per heavy atom. The molecule has 2 N–H and O–H groups in total. The lowest BCUT2D eigenvalue weighted by atomic mass is 10.0. The van der Waals surface area contributed by atoms with Crippen molar-refractivity contribution < 1.29 is 4.39 Å². The van der Waals surface area contributed by atoms with E-state index in [0.29, 0.717) is 12.1 Å². The number of halogens is 1. The maximum Gasteiger partial charge on any atom is 0.123 e. The number of piperidine rings is 1. The molecule has 4 heteroatoms. The molecule has 1 atom stereocenters. The van der Waals surface area contributed by atoms with Gasteiger partial charge in [-0.2, -0.15) is 0 Å². The highest BCUT2D eigenvalue weighted by Crippen LogP contribution is 2.24. The molecule has 0 aromatic heterocycles. The number of hydrogen-bond donors (Lipinski definition) is 2. The first-order chi connectivity index (χ1) is 10.2. The third-order valence-electron chi connectivity index (χ3n) is 4.81. The summed E-state index contributed by atoms with van der Waals surface area (Å²) in [6, 6.07) is 6.41. The van der Waals surface area contributed by atoms with Crippen molar-refractivity contribution in [3.05, 3.63) is 29.6 Å². The van der Waals surface area contributed by atoms with Gasteiger partial charge >= 0.3 is 0 Å². The molecule has 2 aliphatic heterocycles. The van der Waals surface area contributed by atoms with E-state index >= 15 is 0 Å². The highest BCUT2D eigenvalue weighted by Gasteiger charge is 2.22. The Kier molecular flexibility index (Phi) is 4.76. The van der Waals surface area contributed by atoms with Crippen LogP contribution in [0.15, 0.2) is 18.2 Å². The standard InChI is InChI=1S/C17H26FN3/c1-13-11-14(18)4-5-17(13)21-9-6-15(7-10-21)20-12-16-3-2-8-19-16/h4-5,11,15-16,19-20H,2-3,6-10,12H2,1H3. The highest BCUT2D eigenvalue weighted by molar-refractivity contribution is 5.53. The second-order valence-corrected chi connectivity index (χ2v) is 6.39. The molecule has 2 aliphatic rings. The third-order valence-corrected chi connectivity index (χ3v) is 4.81. The molecule has 1 unspecified atom stereocenters. The summed E-state index contributed by atoms with van der Waals surface area (Å²) in [5.41, 5.74) is 2.23. The van der Waals surface area contributed by atoms with Crippen molar-refractivity contribution in [2.75, 3.05) is 31.1 Å². The zero-order valence-electron chi connectivity index (χ0n) is 12.9. The lowest BCUT2D eigenvalue weighted by Gasteiger charge is -2.35. The van der Waals surface area contributed by atoms with Gasteiger partial charge < -0.3 is 15.5 Å². The normalized spacial score (nSPS) is 23.7. The average molecular weight is 291 g/mol. The molecule has 2 heterocycles. The zero-order chi connectivity index (χ0) is 14.7. The summed E-state index contributed by atoms with van der Waals surface area (Å²) in [5, 5.41) is 7.25. The van der Waals surface area contributed by atoms with Gasteiger partial charge in [-0.15, -0.1) is 0 Å². The van der Waals surface area contributed by atoms with Crippen LogP contribution in [0.25, 0.3) is 0 Å². The molecule has 3 nitrogen and oxygen atoms in total. The van der Waals surface area contributed by atoms with E-state index in [1.54, 1.807) is 12.1 Å². The minimum Gasteiger partial charge on any atom is -0.371 e. The van der Waals surface area contributed by atoms with Gasteiger partial charge in [0.1, 0.15) is 5.82 Å². The van der Waals surface area contributed by atoms with Crippen molar-refractivity contribution in [3.63, 3.8) is 0 Å². The molecule has 3 rings (SSSR count). The van der Waals surface area contributed by atoms with Crippen LogP contribution in [0, 0.1) is 12.7 Å². The first kappa shape index (κ1) is 14.8. The number of nitrogens with one attached hydrogen (secondary N) is 2. The number of anilines is 1. The van der Waals surface area contributed by atoms with Gasteiger partial charge in [0, 0.05) is 37.4 Å². The number of aryl methyl sites for hydroxylation is 1. The predicted octanol–water partition coefficient (Wildman–Crippen LogP) is 2.44. The SMILES string of the molecule is Cc1cc(F)ccc1N1CCC(NCC2CCCN2)CC1. The predicted molar refractivity (Wildman–Crippen MR) is 85.4 cm³/mol. The fourth-order valence-corrected chi connectivity index (χ4v) is 3.54. The number of nitrogens with zero attached hydrogens (tertiary/aromatic N) is 1. The minimum atomic E-state index is -0.142. The fourth-order valence-electron chi connectivity index (χ4n) is 3.54. The first-order valence-electron chi connectivity index (χ1n) is 8.20. The maximum absolute atomic E-state index is 13.2. The quantitative estimate of drug-likeness (QED) is 0.892. The summed E-state index contributed by atoms with van der Waals surface area (Å²) in [6.07, 6.45) is 4.96. The molecule has 2 saturated heterocycles. The third kappa shape index (κ3) is 3.74. The van der Waals surface area contributed by atoms with Gasteiger partial charge in [0.2, 0.25) is 0 Å². The highest BCUT2D eigenvalue weighted by atomic mass is 19.1. The van der Waals surface area contributed by atoms with Crippen molar-refractivity contribution in [1.82, 2.24) is 10.6 Å². The Labute approximate surface area is 126 Å². The Bertz CT molecular complexity index is 463. The molecule has 0 radical (unpaired) electrons. The molecule has 1 aromatic rings. The molecule has 116 valence electrons. The van der Waals surface area contributed by atoms with Gasteiger partial charge in [0.05, 0.1) is 0 Å². The van der Waals surface area contributed by atoms with Crippen LogP contribution < -0.4 is 15.5 Å². The molecule has 1 aromatic carbocycles. The smallest absolute Gasteiger partial charge is 0.123 e. The van der Waals surface area contributed by atoms with Crippen LogP contribution >= 0.6 is 0 Å². The van der Waals surface area contributed by atoms with Gasteiger partial charge in [0.15, 0.2) is 0 Å². The van der Waals surface area contributed by atoms with E-state index in [-0.39, 0.29) is 5.82 Å². The molecule has 2 fully saturated rings. The second kappa shape index (κ2) is 6.75. The van der Waals surface area contributed by atoms with Crippen LogP contribution in [0.4, 0.5) is 10.1 Å². The van der Waals surface area contributed by atoms with Crippen LogP contribution in [0.3, 0.4) is 0 Å². The van der Waals surface area contributed by atoms with Crippen LogP contribution in [0.1, 0.15) is 31.2 Å². The van der Waals surface area contributed by atoms with E-state index in [4.69, 9.17) is 0 Å². The summed E-state index contributed by atoms with van der Waals surface area (Å²) in [5.74, 6) is -0.142. The monoisotopic (exact) mass is 291 g/mol. The van der Waals surface area contributed by atoms with Gasteiger partial charge in [-0.25, -0.2) is 4.39 Å². The van der Waals surface area contributed by atoms with Gasteiger partial charge in [-0.1, -0.05) is 0 Å². The summed E-state index contributed by atoms with van der Waals surface area (Å²) in [4.78, 5) is 2.39. The van der Waals surface area contributed by atoms with Crippen molar-refractivity contribution in [3.8, 4) is 0 Å². The number of hydrogen-bond acceptors (Lipinski definition) is 3. The van der Waals surface area contributed by atoms with E-state index in [0.717, 1.165) is 25.2 Å². The summed E-state index contributed by atoms with van der Waals surface area (Å²) in [7, 11) is 0. The summed E-state index contributed by atoms with van der Waals surface area (Å²) >= 11 is 0. The Hall–Kier alpha value is -1.13. The number of benzene rings is 1. The number of rotatable bonds is 4. The van der Waals surface area contributed by atoms with Crippen molar-refractivity contribution >= 4 is 5.69 Å². The fraction of sp³-hybridized carbons (Fsp3) is 0.647. The maximum atomic E-state index is 13.2. The molecule has 0 spiro atoms. The van der Waals surface area contributed by atoms with E-state index in [1.807, 2.05) is 13.0 Å². The Morgan fingerprint density at radius 2 is 2.10 bits per heavy atom. The largest absolute Gasteiger partial charge is 0.371 e. The van der Waals surface area contributed by atoms with E-state index in [1.165, 1.54) is 37.9 Å². The van der Waals surface area contributed by atoms with Crippen molar-refractivity contribution in [2.24, 2.45) is 0 Å². The zero-order valence-corrected chi connectivity index (χ0v) is 12.9. The lowest BCUT2D eigenvalue weighted by molar-refractivity contribution is 0.393. The van der Waals surface area contributed by atoms with Gasteiger partial charge in [0.25, 0.3) is 0 Å². The van der Waals surface area contributed by atoms with E-state index in [2.05, 4.69) is 15.5 Å². The van der Waals surface area contributed by atoms with Crippen LogP contribution in [-0.2, 0) is 0 Å². The Morgan fingerprint density at radius 1 is 1.29 bits per heavy atom. The van der Waals surface area contributed by atoms with Crippen LogP contribution in [0.5, 0.6) is 0 Å². The molecular weight excluding hydrogens is 265 g/mol. The van der Waals surface area contributed by atoms with Crippen LogP contribution in [-0.4, -0.2) is 38.3 Å². The van der Waals surface area contributed by atoms with E-state index in [9.17, 15) is 4.39 Å². The molecule has 0 saturated carbocycles. The van der Waals surface area contributed by atoms with Crippen molar-refractivity contribution in [2.45, 2.75) is 44.7 Å². The Balaban J connectivity index is 1.48. The average Bonchev–Trinajstić information content (AvgIpc) is 2.99. The van der Waals surface area contributed by atoms with E-state index < -0.39 is 0 Å². The molecule has 0 amide bonds. The molecular formula is C17H26FN3. The van der Waals surface area contributed by atoms with Gasteiger partial charge in [-0.05, 0) is 62.9 Å². The second-order valence-electron chi connectivity index (χ2n) is 6.39. The topological polar surface area (TPSA) is 27.3 Å². The van der Waals surface area contributed by atoms with Crippen LogP contribution in [0.2, 0.25) is 0 Å². The first-order valence-corrected chi connectivity index (χ1v) is 8.20. The minimum absolute atomic E-state index is 0.142. The lowest BCUT2D eigenvalue weighted by Crippen LogP contribution is -2.46. The van der Waals surface area contributed by atoms with Gasteiger partial charge in [-0.3, -0.25) is 0 Å². The summed E-state index contributed by atoms with van der Waals surface area (Å²) < 4.78 is 13.2. The molecule has 0 bridgehead atoms. The van der Waals surface area contributed by atoms with Crippen molar-refractivity contribution in [1.29, 1.82) is 0 Å². The summed E-state index contributed by atoms with van der Waals surface area (Å²) in [6.45, 7) is 6.38.